The number of ether oxygens (including phenoxy) is 1. The average Bonchev–Trinajstić information content (AvgIpc) is 2.96. The Bertz CT molecular complexity index is 1290. The molecular formula is C32H45ClN2O6S. The standard InChI is InChI=1S/C32H44N2O6S.ClH/c33-41(38,39)30-15-10-14-26(21-30)11-6-9-20-40-19-8-2-1-7-18-34(23-27-12-4-3-5-13-27)24-32(37)28-16-17-31(36)29(22-28)25-35;/h3-5,10,12-17,21-22,32,35-37H,1-2,6-9,11,18-20,23-25H2,(H2,33,38,39);1H/t32-;/m0./s1. The third kappa shape index (κ3) is 12.8. The Morgan fingerprint density at radius 1 is 0.833 bits per heavy atom. The highest BCUT2D eigenvalue weighted by molar-refractivity contribution is 7.89. The van der Waals surface area contributed by atoms with Gasteiger partial charge in [0, 0.05) is 31.9 Å². The molecule has 232 valence electrons. The van der Waals surface area contributed by atoms with E-state index >= 15 is 0 Å². The monoisotopic (exact) mass is 620 g/mol. The molecule has 0 bridgehead atoms. The fourth-order valence-corrected chi connectivity index (χ4v) is 5.36. The first-order chi connectivity index (χ1) is 19.8. The molecule has 0 fully saturated rings. The van der Waals surface area contributed by atoms with E-state index < -0.39 is 16.1 Å². The van der Waals surface area contributed by atoms with Crippen LogP contribution >= 0.6 is 12.4 Å². The minimum absolute atomic E-state index is 0. The maximum absolute atomic E-state index is 11.5. The zero-order valence-corrected chi connectivity index (χ0v) is 25.7. The van der Waals surface area contributed by atoms with Crippen molar-refractivity contribution in [1.82, 2.24) is 4.90 Å². The van der Waals surface area contributed by atoms with Crippen LogP contribution in [0.1, 0.15) is 66.9 Å². The summed E-state index contributed by atoms with van der Waals surface area (Å²) in [5.74, 6) is 0.0294. The van der Waals surface area contributed by atoms with E-state index in [0.29, 0.717) is 24.3 Å². The summed E-state index contributed by atoms with van der Waals surface area (Å²) >= 11 is 0. The van der Waals surface area contributed by atoms with E-state index in [2.05, 4.69) is 17.0 Å². The fraction of sp³-hybridized carbons (Fsp3) is 0.438. The van der Waals surface area contributed by atoms with E-state index in [4.69, 9.17) is 9.88 Å². The van der Waals surface area contributed by atoms with Gasteiger partial charge in [0.2, 0.25) is 10.0 Å². The molecule has 42 heavy (non-hydrogen) atoms. The summed E-state index contributed by atoms with van der Waals surface area (Å²) in [6.07, 6.45) is 6.04. The number of aromatic hydroxyl groups is 1. The fourth-order valence-electron chi connectivity index (χ4n) is 4.77. The largest absolute Gasteiger partial charge is 0.508 e. The molecule has 0 aliphatic rings. The van der Waals surface area contributed by atoms with Crippen molar-refractivity contribution in [3.8, 4) is 5.75 Å². The van der Waals surface area contributed by atoms with Crippen LogP contribution in [0, 0.1) is 0 Å². The van der Waals surface area contributed by atoms with Crippen LogP contribution < -0.4 is 5.14 Å². The maximum atomic E-state index is 11.5. The SMILES string of the molecule is Cl.NS(=O)(=O)c1cccc(CCCCOCCCCCCN(Cc2ccccc2)C[C@H](O)c2ccc(O)c(CO)c2)c1. The average molecular weight is 621 g/mol. The van der Waals surface area contributed by atoms with Gasteiger partial charge in [-0.15, -0.1) is 12.4 Å². The van der Waals surface area contributed by atoms with Crippen LogP contribution in [0.5, 0.6) is 5.75 Å². The first kappa shape index (κ1) is 35.7. The minimum atomic E-state index is -3.67. The van der Waals surface area contributed by atoms with Crippen LogP contribution in [-0.4, -0.2) is 54.9 Å². The number of hydrogen-bond acceptors (Lipinski definition) is 7. The quantitative estimate of drug-likeness (QED) is 0.137. The molecule has 0 amide bonds. The van der Waals surface area contributed by atoms with Crippen molar-refractivity contribution in [2.24, 2.45) is 5.14 Å². The topological polar surface area (TPSA) is 133 Å². The van der Waals surface area contributed by atoms with Gasteiger partial charge in [0.05, 0.1) is 17.6 Å². The van der Waals surface area contributed by atoms with E-state index in [-0.39, 0.29) is 29.7 Å². The summed E-state index contributed by atoms with van der Waals surface area (Å²) in [6.45, 7) is 3.18. The number of benzene rings is 3. The second-order valence-electron chi connectivity index (χ2n) is 10.5. The van der Waals surface area contributed by atoms with Gasteiger partial charge in [-0.1, -0.05) is 61.4 Å². The van der Waals surface area contributed by atoms with Gasteiger partial charge in [0.25, 0.3) is 0 Å². The number of unbranched alkanes of at least 4 members (excludes halogenated alkanes) is 4. The molecule has 0 spiro atoms. The second kappa shape index (κ2) is 18.9. The van der Waals surface area contributed by atoms with Gasteiger partial charge in [-0.25, -0.2) is 13.6 Å². The van der Waals surface area contributed by atoms with Crippen LogP contribution in [-0.2, 0) is 34.3 Å². The molecule has 0 saturated carbocycles. The number of aliphatic hydroxyl groups excluding tert-OH is 2. The number of aliphatic hydroxyl groups is 2. The Kier molecular flexibility index (Phi) is 16.1. The molecule has 0 unspecified atom stereocenters. The van der Waals surface area contributed by atoms with Crippen molar-refractivity contribution in [3.05, 3.63) is 95.1 Å². The van der Waals surface area contributed by atoms with Crippen LogP contribution in [0.15, 0.2) is 77.7 Å². The van der Waals surface area contributed by atoms with Crippen molar-refractivity contribution in [2.45, 2.75) is 69.1 Å². The molecule has 1 atom stereocenters. The molecule has 0 radical (unpaired) electrons. The number of aryl methyl sites for hydroxylation is 1. The Labute approximate surface area is 256 Å². The molecule has 3 aromatic rings. The van der Waals surface area contributed by atoms with Gasteiger partial charge in [0.15, 0.2) is 0 Å². The lowest BCUT2D eigenvalue weighted by Crippen LogP contribution is -2.29. The minimum Gasteiger partial charge on any atom is -0.508 e. The third-order valence-electron chi connectivity index (χ3n) is 7.08. The number of nitrogens with two attached hydrogens (primary N) is 1. The Morgan fingerprint density at radius 3 is 2.24 bits per heavy atom. The summed E-state index contributed by atoms with van der Waals surface area (Å²) < 4.78 is 28.8. The Hall–Kier alpha value is -2.50. The molecule has 3 rings (SSSR count). The van der Waals surface area contributed by atoms with Crippen LogP contribution in [0.25, 0.3) is 0 Å². The van der Waals surface area contributed by atoms with E-state index in [0.717, 1.165) is 70.2 Å². The van der Waals surface area contributed by atoms with Gasteiger partial charge in [0.1, 0.15) is 5.75 Å². The highest BCUT2D eigenvalue weighted by Gasteiger charge is 2.16. The van der Waals surface area contributed by atoms with E-state index in [9.17, 15) is 23.7 Å². The molecule has 0 aliphatic heterocycles. The molecule has 5 N–H and O–H groups in total. The lowest BCUT2D eigenvalue weighted by Gasteiger charge is -2.26. The summed E-state index contributed by atoms with van der Waals surface area (Å²) in [6, 6.07) is 21.9. The van der Waals surface area contributed by atoms with Crippen molar-refractivity contribution in [3.63, 3.8) is 0 Å². The predicted octanol–water partition coefficient (Wildman–Crippen LogP) is 5.09. The first-order valence-electron chi connectivity index (χ1n) is 14.3. The summed E-state index contributed by atoms with van der Waals surface area (Å²) in [5, 5.41) is 35.4. The van der Waals surface area contributed by atoms with E-state index in [1.54, 1.807) is 24.3 Å². The zero-order valence-electron chi connectivity index (χ0n) is 24.1. The number of primary sulfonamides is 1. The highest BCUT2D eigenvalue weighted by Crippen LogP contribution is 2.24. The molecule has 0 saturated heterocycles. The number of sulfonamides is 1. The molecule has 3 aromatic carbocycles. The number of phenols is 1. The second-order valence-corrected chi connectivity index (χ2v) is 12.0. The van der Waals surface area contributed by atoms with Crippen LogP contribution in [0.2, 0.25) is 0 Å². The Balaban J connectivity index is 0.00000616. The van der Waals surface area contributed by atoms with Gasteiger partial charge in [-0.2, -0.15) is 0 Å². The van der Waals surface area contributed by atoms with Crippen LogP contribution in [0.4, 0.5) is 0 Å². The number of rotatable bonds is 19. The van der Waals surface area contributed by atoms with Crippen molar-refractivity contribution in [2.75, 3.05) is 26.3 Å². The maximum Gasteiger partial charge on any atom is 0.238 e. The van der Waals surface area contributed by atoms with Crippen molar-refractivity contribution in [1.29, 1.82) is 0 Å². The smallest absolute Gasteiger partial charge is 0.238 e. The molecule has 10 heteroatoms. The summed E-state index contributed by atoms with van der Waals surface area (Å²) in [4.78, 5) is 2.40. The van der Waals surface area contributed by atoms with Gasteiger partial charge >= 0.3 is 0 Å². The first-order valence-corrected chi connectivity index (χ1v) is 15.9. The normalized spacial score (nSPS) is 12.3. The molecule has 8 nitrogen and oxygen atoms in total. The van der Waals surface area contributed by atoms with Crippen LogP contribution in [0.3, 0.4) is 0 Å². The Morgan fingerprint density at radius 2 is 1.52 bits per heavy atom. The lowest BCUT2D eigenvalue weighted by atomic mass is 10.0. The number of hydrogen-bond donors (Lipinski definition) is 4. The number of halogens is 1. The van der Waals surface area contributed by atoms with Gasteiger partial charge in [-0.05, 0) is 79.6 Å². The molecular weight excluding hydrogens is 576 g/mol. The third-order valence-corrected chi connectivity index (χ3v) is 7.99. The summed E-state index contributed by atoms with van der Waals surface area (Å²) in [7, 11) is -3.67. The van der Waals surface area contributed by atoms with E-state index in [1.807, 2.05) is 24.3 Å². The highest BCUT2D eigenvalue weighted by atomic mass is 35.5. The van der Waals surface area contributed by atoms with Gasteiger partial charge < -0.3 is 20.1 Å². The molecule has 0 heterocycles. The van der Waals surface area contributed by atoms with Crippen molar-refractivity contribution < 1.29 is 28.5 Å². The predicted molar refractivity (Wildman–Crippen MR) is 168 cm³/mol. The molecule has 0 aliphatic carbocycles. The lowest BCUT2D eigenvalue weighted by molar-refractivity contribution is 0.106. The zero-order chi connectivity index (χ0) is 29.5. The van der Waals surface area contributed by atoms with Crippen molar-refractivity contribution >= 4 is 22.4 Å². The summed E-state index contributed by atoms with van der Waals surface area (Å²) in [5.41, 5.74) is 3.24. The number of nitrogens with zero attached hydrogens (tertiary/aromatic N) is 1. The molecule has 0 aromatic heterocycles. The van der Waals surface area contributed by atoms with Gasteiger partial charge in [-0.3, -0.25) is 4.90 Å². The van der Waals surface area contributed by atoms with E-state index in [1.165, 1.54) is 17.7 Å².